The van der Waals surface area contributed by atoms with Crippen LogP contribution in [0.1, 0.15) is 9.67 Å². The lowest BCUT2D eigenvalue weighted by Crippen LogP contribution is -2.12. The third-order valence-electron chi connectivity index (χ3n) is 5.24. The molecular formula is C24H18N8OS2. The van der Waals surface area contributed by atoms with Crippen molar-refractivity contribution in [2.45, 2.75) is 0 Å². The monoisotopic (exact) mass is 498 g/mol. The predicted octanol–water partition coefficient (Wildman–Crippen LogP) is 5.28. The number of rotatable bonds is 6. The molecule has 0 saturated heterocycles. The molecule has 0 aliphatic carbocycles. The van der Waals surface area contributed by atoms with Crippen LogP contribution in [0.15, 0.2) is 84.6 Å². The molecule has 0 bridgehead atoms. The summed E-state index contributed by atoms with van der Waals surface area (Å²) in [6.45, 7) is 0. The Balaban J connectivity index is 1.15. The molecule has 0 radical (unpaired) electrons. The van der Waals surface area contributed by atoms with Crippen molar-refractivity contribution < 1.29 is 4.79 Å². The van der Waals surface area contributed by atoms with Crippen molar-refractivity contribution in [3.05, 3.63) is 89.5 Å². The molecule has 0 aliphatic rings. The van der Waals surface area contributed by atoms with Crippen LogP contribution in [-0.2, 0) is 0 Å². The van der Waals surface area contributed by atoms with Gasteiger partial charge >= 0.3 is 0 Å². The normalized spacial score (nSPS) is 11.1. The molecule has 6 rings (SSSR count). The number of aromatic nitrogens is 5. The summed E-state index contributed by atoms with van der Waals surface area (Å²) in [6, 6.07) is 19.0. The Morgan fingerprint density at radius 2 is 1.89 bits per heavy atom. The van der Waals surface area contributed by atoms with Crippen LogP contribution < -0.4 is 16.4 Å². The maximum atomic E-state index is 12.8. The number of thiazole rings is 1. The van der Waals surface area contributed by atoms with Crippen molar-refractivity contribution in [1.29, 1.82) is 0 Å². The Labute approximate surface area is 207 Å². The fraction of sp³-hybridized carbons (Fsp3) is 0. The number of benzene rings is 1. The quantitative estimate of drug-likeness (QED) is 0.288. The minimum atomic E-state index is -0.279. The molecule has 5 aromatic heterocycles. The highest BCUT2D eigenvalue weighted by Gasteiger charge is 2.16. The zero-order valence-corrected chi connectivity index (χ0v) is 19.8. The Kier molecular flexibility index (Phi) is 5.24. The molecule has 172 valence electrons. The molecule has 9 nitrogen and oxygen atoms in total. The Morgan fingerprint density at radius 3 is 2.77 bits per heavy atom. The topological polar surface area (TPSA) is 115 Å². The summed E-state index contributed by atoms with van der Waals surface area (Å²) in [4.78, 5) is 22.4. The number of nitrogen functional groups attached to an aromatic ring is 1. The van der Waals surface area contributed by atoms with Gasteiger partial charge in [-0.15, -0.1) is 27.8 Å². The van der Waals surface area contributed by atoms with E-state index in [1.165, 1.54) is 22.7 Å². The van der Waals surface area contributed by atoms with E-state index in [2.05, 4.69) is 25.7 Å². The maximum Gasteiger partial charge on any atom is 0.267 e. The minimum Gasteiger partial charge on any atom is -0.394 e. The van der Waals surface area contributed by atoms with E-state index in [4.69, 9.17) is 5.73 Å². The lowest BCUT2D eigenvalue weighted by atomic mass is 10.3. The molecule has 0 aliphatic heterocycles. The van der Waals surface area contributed by atoms with Gasteiger partial charge in [-0.1, -0.05) is 24.3 Å². The standard InChI is InChI=1S/C24H18N8OS2/c25-16-13-32(15-6-2-1-3-7-15)30-22(16)29-23(33)19-9-10-21(35-19)28-24-27-17(14-34-24)18-12-26-20-8-4-5-11-31(18)20/h1-14H,25H2,(H,27,28)(H,29,30,33). The molecule has 5 heterocycles. The van der Waals surface area contributed by atoms with Gasteiger partial charge < -0.3 is 16.4 Å². The molecule has 0 fully saturated rings. The third-order valence-corrected chi connectivity index (χ3v) is 7.00. The van der Waals surface area contributed by atoms with Crippen LogP contribution in [0.5, 0.6) is 0 Å². The highest BCUT2D eigenvalue weighted by Crippen LogP contribution is 2.31. The van der Waals surface area contributed by atoms with Crippen molar-refractivity contribution in [2.24, 2.45) is 0 Å². The van der Waals surface area contributed by atoms with Gasteiger partial charge in [-0.2, -0.15) is 0 Å². The molecule has 1 amide bonds. The highest BCUT2D eigenvalue weighted by molar-refractivity contribution is 7.19. The van der Waals surface area contributed by atoms with Crippen LogP contribution in [0.25, 0.3) is 22.7 Å². The van der Waals surface area contributed by atoms with Gasteiger partial charge in [0.15, 0.2) is 10.9 Å². The SMILES string of the molecule is Nc1cn(-c2ccccc2)nc1NC(=O)c1ccc(Nc2nc(-c3cnc4ccccn34)cs2)s1. The molecule has 35 heavy (non-hydrogen) atoms. The van der Waals surface area contributed by atoms with Crippen LogP contribution in [0.2, 0.25) is 0 Å². The Hall–Kier alpha value is -4.48. The van der Waals surface area contributed by atoms with Crippen molar-refractivity contribution in [1.82, 2.24) is 24.1 Å². The molecule has 0 atom stereocenters. The molecule has 0 unspecified atom stereocenters. The molecule has 0 spiro atoms. The third kappa shape index (κ3) is 4.14. The summed E-state index contributed by atoms with van der Waals surface area (Å²) >= 11 is 2.81. The summed E-state index contributed by atoms with van der Waals surface area (Å²) in [5.41, 5.74) is 9.93. The molecule has 4 N–H and O–H groups in total. The first kappa shape index (κ1) is 21.1. The van der Waals surface area contributed by atoms with Gasteiger partial charge in [-0.05, 0) is 36.4 Å². The number of fused-ring (bicyclic) bond motifs is 1. The lowest BCUT2D eigenvalue weighted by Gasteiger charge is -2.01. The van der Waals surface area contributed by atoms with E-state index in [9.17, 15) is 4.79 Å². The maximum absolute atomic E-state index is 12.8. The average Bonchev–Trinajstić information content (AvgIpc) is 3.67. The second-order valence-corrected chi connectivity index (χ2v) is 9.51. The summed E-state index contributed by atoms with van der Waals surface area (Å²) in [6.07, 6.45) is 5.45. The van der Waals surface area contributed by atoms with Gasteiger partial charge in [0.1, 0.15) is 11.3 Å². The number of imidazole rings is 1. The molecule has 1 aromatic carbocycles. The summed E-state index contributed by atoms with van der Waals surface area (Å²) < 4.78 is 3.63. The number of nitrogens with zero attached hydrogens (tertiary/aromatic N) is 5. The number of hydrogen-bond acceptors (Lipinski definition) is 8. The number of amides is 1. The van der Waals surface area contributed by atoms with E-state index in [1.54, 1.807) is 16.9 Å². The minimum absolute atomic E-state index is 0.279. The van der Waals surface area contributed by atoms with Crippen LogP contribution in [0.4, 0.5) is 21.6 Å². The van der Waals surface area contributed by atoms with Gasteiger partial charge in [0.05, 0.1) is 39.3 Å². The van der Waals surface area contributed by atoms with Gasteiger partial charge in [0, 0.05) is 11.6 Å². The highest BCUT2D eigenvalue weighted by atomic mass is 32.1. The van der Waals surface area contributed by atoms with Crippen molar-refractivity contribution in [2.75, 3.05) is 16.4 Å². The lowest BCUT2D eigenvalue weighted by molar-refractivity contribution is 0.103. The van der Waals surface area contributed by atoms with E-state index in [0.717, 1.165) is 32.9 Å². The largest absolute Gasteiger partial charge is 0.394 e. The summed E-state index contributed by atoms with van der Waals surface area (Å²) in [7, 11) is 0. The first-order valence-electron chi connectivity index (χ1n) is 10.6. The zero-order valence-electron chi connectivity index (χ0n) is 18.1. The van der Waals surface area contributed by atoms with Crippen molar-refractivity contribution >= 4 is 55.9 Å². The first-order valence-corrected chi connectivity index (χ1v) is 12.3. The van der Waals surface area contributed by atoms with Crippen LogP contribution in [0, 0.1) is 0 Å². The summed E-state index contributed by atoms with van der Waals surface area (Å²) in [5.74, 6) is 0.0398. The van der Waals surface area contributed by atoms with Crippen LogP contribution in [0.3, 0.4) is 0 Å². The van der Waals surface area contributed by atoms with Crippen molar-refractivity contribution in [3.8, 4) is 17.1 Å². The van der Waals surface area contributed by atoms with Crippen LogP contribution in [-0.4, -0.2) is 30.1 Å². The molecule has 0 saturated carbocycles. The van der Waals surface area contributed by atoms with Crippen molar-refractivity contribution in [3.63, 3.8) is 0 Å². The Morgan fingerprint density at radius 1 is 1.03 bits per heavy atom. The number of nitrogens with one attached hydrogen (secondary N) is 2. The molecular weight excluding hydrogens is 480 g/mol. The zero-order chi connectivity index (χ0) is 23.8. The predicted molar refractivity (Wildman–Crippen MR) is 140 cm³/mol. The molecule has 11 heteroatoms. The van der Waals surface area contributed by atoms with E-state index < -0.39 is 0 Å². The van der Waals surface area contributed by atoms with E-state index in [0.29, 0.717) is 16.4 Å². The number of carbonyl (C=O) groups excluding carboxylic acids is 1. The van der Waals surface area contributed by atoms with Gasteiger partial charge in [-0.3, -0.25) is 9.20 Å². The average molecular weight is 499 g/mol. The number of para-hydroxylation sites is 1. The summed E-state index contributed by atoms with van der Waals surface area (Å²) in [5, 5.41) is 14.0. The number of thiophene rings is 1. The fourth-order valence-corrected chi connectivity index (χ4v) is 5.15. The number of carbonyl (C=O) groups is 1. The smallest absolute Gasteiger partial charge is 0.267 e. The van der Waals surface area contributed by atoms with Gasteiger partial charge in [-0.25, -0.2) is 14.6 Å². The molecule has 6 aromatic rings. The van der Waals surface area contributed by atoms with E-state index >= 15 is 0 Å². The van der Waals surface area contributed by atoms with Crippen LogP contribution >= 0.6 is 22.7 Å². The first-order chi connectivity index (χ1) is 17.1. The second kappa shape index (κ2) is 8.70. The second-order valence-electron chi connectivity index (χ2n) is 7.57. The van der Waals surface area contributed by atoms with Gasteiger partial charge in [0.25, 0.3) is 5.91 Å². The number of pyridine rings is 1. The van der Waals surface area contributed by atoms with E-state index in [-0.39, 0.29) is 5.91 Å². The van der Waals surface area contributed by atoms with E-state index in [1.807, 2.05) is 76.8 Å². The fourth-order valence-electron chi connectivity index (χ4n) is 3.57. The number of hydrogen-bond donors (Lipinski definition) is 3. The number of anilines is 4. The number of nitrogens with two attached hydrogens (primary N) is 1. The Bertz CT molecular complexity index is 1650. The van der Waals surface area contributed by atoms with Gasteiger partial charge in [0.2, 0.25) is 0 Å².